The zero-order chi connectivity index (χ0) is 15.1. The maximum atomic E-state index is 5.42. The molecule has 114 valence electrons. The molecule has 0 atom stereocenters. The van der Waals surface area contributed by atoms with Crippen LogP contribution < -0.4 is 0 Å². The van der Waals surface area contributed by atoms with E-state index in [-0.39, 0.29) is 0 Å². The van der Waals surface area contributed by atoms with Crippen LogP contribution in [-0.2, 0) is 6.54 Å². The lowest BCUT2D eigenvalue weighted by molar-refractivity contribution is 0.505. The van der Waals surface area contributed by atoms with Crippen molar-refractivity contribution in [2.75, 3.05) is 0 Å². The first-order valence-electron chi connectivity index (χ1n) is 8.02. The summed E-state index contributed by atoms with van der Waals surface area (Å²) < 4.78 is 3.06. The van der Waals surface area contributed by atoms with Crippen molar-refractivity contribution < 1.29 is 0 Å². The molecular formula is C18H26N2S. The third-order valence-electron chi connectivity index (χ3n) is 3.85. The van der Waals surface area contributed by atoms with E-state index < -0.39 is 0 Å². The van der Waals surface area contributed by atoms with Crippen LogP contribution in [0.2, 0.25) is 0 Å². The second-order valence-electron chi connectivity index (χ2n) is 6.09. The molecule has 0 amide bonds. The van der Waals surface area contributed by atoms with E-state index in [4.69, 9.17) is 12.2 Å². The Balaban J connectivity index is 1.89. The molecule has 1 heterocycles. The van der Waals surface area contributed by atoms with E-state index in [1.807, 2.05) is 12.3 Å². The lowest BCUT2D eigenvalue weighted by atomic mass is 10.0. The van der Waals surface area contributed by atoms with E-state index in [0.717, 1.165) is 17.2 Å². The van der Waals surface area contributed by atoms with Gasteiger partial charge in [-0.2, -0.15) is 0 Å². The summed E-state index contributed by atoms with van der Waals surface area (Å²) in [5.74, 6) is 0.827. The molecule has 21 heavy (non-hydrogen) atoms. The first-order chi connectivity index (χ1) is 10.2. The van der Waals surface area contributed by atoms with Gasteiger partial charge in [0.05, 0.1) is 5.69 Å². The monoisotopic (exact) mass is 302 g/mol. The second-order valence-corrected chi connectivity index (χ2v) is 6.48. The summed E-state index contributed by atoms with van der Waals surface area (Å²) in [6, 6.07) is 10.5. The van der Waals surface area contributed by atoms with Crippen LogP contribution >= 0.6 is 12.2 Å². The van der Waals surface area contributed by atoms with Gasteiger partial charge in [0.2, 0.25) is 0 Å². The summed E-state index contributed by atoms with van der Waals surface area (Å²) >= 11 is 5.42. The van der Waals surface area contributed by atoms with Crippen LogP contribution in [0.4, 0.5) is 0 Å². The Labute approximate surface area is 133 Å². The molecular weight excluding hydrogens is 276 g/mol. The summed E-state index contributed by atoms with van der Waals surface area (Å²) in [6.07, 6.45) is 8.53. The normalized spacial score (nSPS) is 11.2. The fourth-order valence-electron chi connectivity index (χ4n) is 2.64. The van der Waals surface area contributed by atoms with Crippen molar-refractivity contribution in [2.24, 2.45) is 5.92 Å². The maximum absolute atomic E-state index is 5.42. The second kappa shape index (κ2) is 8.18. The molecule has 0 radical (unpaired) electrons. The molecule has 0 saturated heterocycles. The van der Waals surface area contributed by atoms with Gasteiger partial charge in [-0.25, -0.2) is 0 Å². The number of unbranched alkanes of at least 4 members (excludes halogenated alkanes) is 3. The van der Waals surface area contributed by atoms with E-state index in [1.54, 1.807) is 0 Å². The summed E-state index contributed by atoms with van der Waals surface area (Å²) in [4.78, 5) is 3.18. The number of hydrogen-bond acceptors (Lipinski definition) is 1. The van der Waals surface area contributed by atoms with Crippen molar-refractivity contribution in [1.29, 1.82) is 0 Å². The minimum absolute atomic E-state index is 0.827. The first-order valence-corrected chi connectivity index (χ1v) is 8.43. The number of hydrogen-bond donors (Lipinski definition) is 1. The molecule has 0 saturated carbocycles. The average molecular weight is 302 g/mol. The highest BCUT2D eigenvalue weighted by Crippen LogP contribution is 2.20. The standard InChI is InChI=1S/C18H26N2S/c1-15(2)10-6-3-4-9-13-20-17(14-19-18(20)21)16-11-7-5-8-12-16/h5,7-8,11-12,14-15H,3-4,6,9-10,13H2,1-2H3,(H,19,21). The fraction of sp³-hybridized carbons (Fsp3) is 0.500. The number of nitrogens with zero attached hydrogens (tertiary/aromatic N) is 1. The molecule has 1 aromatic heterocycles. The molecule has 1 aromatic carbocycles. The fourth-order valence-corrected chi connectivity index (χ4v) is 2.89. The Morgan fingerprint density at radius 3 is 2.48 bits per heavy atom. The van der Waals surface area contributed by atoms with Crippen LogP contribution in [0, 0.1) is 10.7 Å². The molecule has 0 aliphatic heterocycles. The van der Waals surface area contributed by atoms with Crippen molar-refractivity contribution >= 4 is 12.2 Å². The van der Waals surface area contributed by atoms with Crippen molar-refractivity contribution in [3.63, 3.8) is 0 Å². The van der Waals surface area contributed by atoms with Crippen molar-refractivity contribution in [3.8, 4) is 11.3 Å². The zero-order valence-corrected chi connectivity index (χ0v) is 14.0. The Kier molecular flexibility index (Phi) is 6.24. The van der Waals surface area contributed by atoms with Crippen LogP contribution in [0.25, 0.3) is 11.3 Å². The van der Waals surface area contributed by atoms with Gasteiger partial charge >= 0.3 is 0 Å². The van der Waals surface area contributed by atoms with Crippen LogP contribution in [-0.4, -0.2) is 9.55 Å². The maximum Gasteiger partial charge on any atom is 0.177 e. The van der Waals surface area contributed by atoms with Crippen molar-refractivity contribution in [2.45, 2.75) is 52.5 Å². The van der Waals surface area contributed by atoms with Gasteiger partial charge in [-0.05, 0) is 30.1 Å². The SMILES string of the molecule is CC(C)CCCCCCn1c(-c2ccccc2)c[nH]c1=S. The molecule has 0 aliphatic carbocycles. The van der Waals surface area contributed by atoms with Gasteiger partial charge in [-0.1, -0.05) is 69.9 Å². The predicted molar refractivity (Wildman–Crippen MR) is 93.0 cm³/mol. The highest BCUT2D eigenvalue weighted by molar-refractivity contribution is 7.71. The van der Waals surface area contributed by atoms with Gasteiger partial charge in [0.15, 0.2) is 4.77 Å². The highest BCUT2D eigenvalue weighted by Gasteiger charge is 2.05. The van der Waals surface area contributed by atoms with Gasteiger partial charge in [0.25, 0.3) is 0 Å². The predicted octanol–water partition coefficient (Wildman–Crippen LogP) is 5.82. The highest BCUT2D eigenvalue weighted by atomic mass is 32.1. The van der Waals surface area contributed by atoms with Crippen LogP contribution in [0.1, 0.15) is 46.0 Å². The van der Waals surface area contributed by atoms with E-state index in [0.29, 0.717) is 0 Å². The Bertz CT molecular complexity index is 581. The number of benzene rings is 1. The van der Waals surface area contributed by atoms with Gasteiger partial charge in [-0.15, -0.1) is 0 Å². The third-order valence-corrected chi connectivity index (χ3v) is 4.19. The molecule has 0 aliphatic rings. The lowest BCUT2D eigenvalue weighted by Gasteiger charge is -2.09. The van der Waals surface area contributed by atoms with Gasteiger partial charge in [0, 0.05) is 12.7 Å². The van der Waals surface area contributed by atoms with Gasteiger partial charge in [-0.3, -0.25) is 0 Å². The molecule has 0 fully saturated rings. The van der Waals surface area contributed by atoms with Crippen LogP contribution in [0.15, 0.2) is 36.5 Å². The summed E-state index contributed by atoms with van der Waals surface area (Å²) in [5, 5.41) is 0. The van der Waals surface area contributed by atoms with Gasteiger partial charge < -0.3 is 9.55 Å². The Morgan fingerprint density at radius 1 is 1.05 bits per heavy atom. The average Bonchev–Trinajstić information content (AvgIpc) is 2.84. The summed E-state index contributed by atoms with van der Waals surface area (Å²) in [7, 11) is 0. The minimum atomic E-state index is 0.827. The molecule has 3 heteroatoms. The van der Waals surface area contributed by atoms with E-state index in [9.17, 15) is 0 Å². The molecule has 2 nitrogen and oxygen atoms in total. The Hall–Kier alpha value is -1.35. The van der Waals surface area contributed by atoms with Crippen molar-refractivity contribution in [1.82, 2.24) is 9.55 Å². The number of rotatable bonds is 8. The van der Waals surface area contributed by atoms with Crippen molar-refractivity contribution in [3.05, 3.63) is 41.3 Å². The molecule has 0 spiro atoms. The lowest BCUT2D eigenvalue weighted by Crippen LogP contribution is -2.00. The summed E-state index contributed by atoms with van der Waals surface area (Å²) in [6.45, 7) is 5.60. The smallest absolute Gasteiger partial charge is 0.177 e. The molecule has 0 bridgehead atoms. The number of aromatic amines is 1. The molecule has 2 aromatic rings. The van der Waals surface area contributed by atoms with E-state index >= 15 is 0 Å². The molecule has 2 rings (SSSR count). The largest absolute Gasteiger partial charge is 0.337 e. The first kappa shape index (κ1) is 16.0. The van der Waals surface area contributed by atoms with Crippen LogP contribution in [0.3, 0.4) is 0 Å². The zero-order valence-electron chi connectivity index (χ0n) is 13.1. The topological polar surface area (TPSA) is 20.7 Å². The van der Waals surface area contributed by atoms with E-state index in [2.05, 4.69) is 47.7 Å². The van der Waals surface area contributed by atoms with Crippen LogP contribution in [0.5, 0.6) is 0 Å². The summed E-state index contributed by atoms with van der Waals surface area (Å²) in [5.41, 5.74) is 2.42. The third kappa shape index (κ3) is 4.85. The number of nitrogens with one attached hydrogen (secondary N) is 1. The van der Waals surface area contributed by atoms with Gasteiger partial charge in [0.1, 0.15) is 0 Å². The minimum Gasteiger partial charge on any atom is -0.337 e. The quantitative estimate of drug-likeness (QED) is 0.481. The number of H-pyrrole nitrogens is 1. The molecule has 1 N–H and O–H groups in total. The molecule has 0 unspecified atom stereocenters. The number of imidazole rings is 1. The number of aromatic nitrogens is 2. The Morgan fingerprint density at radius 2 is 1.76 bits per heavy atom. The van der Waals surface area contributed by atoms with E-state index in [1.165, 1.54) is 43.4 Å².